The molecule has 0 aromatic carbocycles. The van der Waals surface area contributed by atoms with Crippen LogP contribution in [0.2, 0.25) is 0 Å². The Morgan fingerprint density at radius 2 is 1.75 bits per heavy atom. The number of hydrogen-bond donors (Lipinski definition) is 0. The Hall–Kier alpha value is -1.95. The lowest BCUT2D eigenvalue weighted by Gasteiger charge is -2.57. The third-order valence-electron chi connectivity index (χ3n) is 5.83. The highest BCUT2D eigenvalue weighted by atomic mass is 32.2. The molecular weight excluding hydrogens is 324 g/mol. The minimum absolute atomic E-state index is 0.131. The number of thioether (sulfide) groups is 1. The molecule has 0 aliphatic heterocycles. The highest BCUT2D eigenvalue weighted by molar-refractivity contribution is 8.14. The molecule has 4 saturated carbocycles. The van der Waals surface area contributed by atoms with Gasteiger partial charge in [0.05, 0.1) is 0 Å². The van der Waals surface area contributed by atoms with Crippen LogP contribution in [-0.4, -0.2) is 31.8 Å². The molecule has 4 aliphatic carbocycles. The lowest BCUT2D eigenvalue weighted by molar-refractivity contribution is -0.158. The average molecular weight is 342 g/mol. The number of carbonyl (C=O) groups excluding carboxylic acids is 3. The second-order valence-electron chi connectivity index (χ2n) is 6.73. The van der Waals surface area contributed by atoms with Crippen LogP contribution in [-0.2, 0) is 9.59 Å². The van der Waals surface area contributed by atoms with Crippen molar-refractivity contribution in [3.8, 4) is 0 Å². The van der Waals surface area contributed by atoms with E-state index >= 15 is 0 Å². The van der Waals surface area contributed by atoms with Crippen LogP contribution in [0.25, 0.3) is 0 Å². The number of carbonyl (C=O) groups is 3. The van der Waals surface area contributed by atoms with Gasteiger partial charge in [0, 0.05) is 41.3 Å². The van der Waals surface area contributed by atoms with Gasteiger partial charge in [-0.05, 0) is 24.3 Å². The van der Waals surface area contributed by atoms with Gasteiger partial charge in [-0.3, -0.25) is 14.4 Å². The molecule has 1 aromatic rings. The van der Waals surface area contributed by atoms with Gasteiger partial charge in [-0.1, -0.05) is 23.9 Å². The first-order valence-electron chi connectivity index (χ1n) is 8.11. The molecule has 24 heavy (non-hydrogen) atoms. The van der Waals surface area contributed by atoms with E-state index in [0.717, 1.165) is 11.8 Å². The van der Waals surface area contributed by atoms with Gasteiger partial charge in [-0.25, -0.2) is 0 Å². The van der Waals surface area contributed by atoms with Gasteiger partial charge in [0.1, 0.15) is 11.6 Å². The quantitative estimate of drug-likeness (QED) is 0.790. The number of allylic oxidation sites excluding steroid dienone is 2. The first-order chi connectivity index (χ1) is 11.6. The van der Waals surface area contributed by atoms with Crippen LogP contribution in [0.1, 0.15) is 6.42 Å². The van der Waals surface area contributed by atoms with E-state index in [4.69, 9.17) is 0 Å². The van der Waals surface area contributed by atoms with E-state index in [1.165, 1.54) is 10.9 Å². The molecule has 4 bridgehead atoms. The normalized spacial score (nSPS) is 39.9. The first-order valence-corrected chi connectivity index (χ1v) is 8.99. The molecule has 0 N–H and O–H groups in total. The van der Waals surface area contributed by atoms with E-state index < -0.39 is 0 Å². The molecule has 1 aromatic heterocycles. The highest BCUT2D eigenvalue weighted by Gasteiger charge is 2.65. The summed E-state index contributed by atoms with van der Waals surface area (Å²) in [7, 11) is 0. The van der Waals surface area contributed by atoms with E-state index in [-0.39, 0.29) is 57.6 Å². The average Bonchev–Trinajstić information content (AvgIpc) is 3.10. The second kappa shape index (κ2) is 5.55. The van der Waals surface area contributed by atoms with Gasteiger partial charge in [0.15, 0.2) is 0 Å². The Kier molecular flexibility index (Phi) is 3.60. The Morgan fingerprint density at radius 1 is 1.17 bits per heavy atom. The predicted molar refractivity (Wildman–Crippen MR) is 90.4 cm³/mol. The minimum atomic E-state index is -0.361. The monoisotopic (exact) mass is 342 g/mol. The summed E-state index contributed by atoms with van der Waals surface area (Å²) in [4.78, 5) is 38.4. The fraction of sp³-hybridized carbons (Fsp3) is 0.444. The van der Waals surface area contributed by atoms with Gasteiger partial charge in [0.25, 0.3) is 0 Å². The fourth-order valence-corrected chi connectivity index (χ4v) is 6.25. The van der Waals surface area contributed by atoms with Crippen molar-refractivity contribution in [2.24, 2.45) is 35.5 Å². The van der Waals surface area contributed by atoms with Gasteiger partial charge in [0.2, 0.25) is 0 Å². The Balaban J connectivity index is 1.73. The Labute approximate surface area is 144 Å². The highest BCUT2D eigenvalue weighted by Crippen LogP contribution is 2.59. The van der Waals surface area contributed by atoms with Gasteiger partial charge >= 0.3 is 5.24 Å². The van der Waals surface area contributed by atoms with Crippen LogP contribution in [0.3, 0.4) is 0 Å². The van der Waals surface area contributed by atoms with Crippen molar-refractivity contribution in [3.05, 3.63) is 43.8 Å². The molecule has 4 fully saturated rings. The van der Waals surface area contributed by atoms with Crippen LogP contribution >= 0.6 is 11.8 Å². The summed E-state index contributed by atoms with van der Waals surface area (Å²) in [6.07, 6.45) is 7.17. The Morgan fingerprint density at radius 3 is 2.21 bits per heavy atom. The summed E-state index contributed by atoms with van der Waals surface area (Å²) in [6, 6.07) is 1.67. The van der Waals surface area contributed by atoms with Crippen molar-refractivity contribution < 1.29 is 14.4 Å². The van der Waals surface area contributed by atoms with Crippen molar-refractivity contribution in [3.63, 3.8) is 0 Å². The summed E-state index contributed by atoms with van der Waals surface area (Å²) >= 11 is 1.06. The van der Waals surface area contributed by atoms with Crippen molar-refractivity contribution in [1.82, 2.24) is 9.78 Å². The second-order valence-corrected chi connectivity index (χ2v) is 7.86. The van der Waals surface area contributed by atoms with Gasteiger partial charge in [-0.2, -0.15) is 9.78 Å². The first kappa shape index (κ1) is 15.6. The molecule has 6 unspecified atom stereocenters. The molecule has 0 spiro atoms. The van der Waals surface area contributed by atoms with Crippen molar-refractivity contribution in [1.29, 1.82) is 0 Å². The van der Waals surface area contributed by atoms with E-state index in [9.17, 15) is 14.4 Å². The smallest absolute Gasteiger partial charge is 0.299 e. The molecule has 6 atom stereocenters. The largest absolute Gasteiger partial charge is 0.306 e. The van der Waals surface area contributed by atoms with E-state index in [1.54, 1.807) is 24.4 Å². The summed E-state index contributed by atoms with van der Waals surface area (Å²) < 4.78 is 1.25. The zero-order chi connectivity index (χ0) is 17.0. The maximum atomic E-state index is 12.9. The van der Waals surface area contributed by atoms with Crippen LogP contribution in [0.5, 0.6) is 0 Å². The van der Waals surface area contributed by atoms with Crippen molar-refractivity contribution >= 4 is 28.6 Å². The maximum Gasteiger partial charge on any atom is 0.306 e. The lowest BCUT2D eigenvalue weighted by Crippen LogP contribution is -2.65. The maximum absolute atomic E-state index is 12.9. The molecule has 1 heterocycles. The third kappa shape index (κ3) is 1.95. The number of ketones is 2. The van der Waals surface area contributed by atoms with Crippen LogP contribution in [0.4, 0.5) is 4.79 Å². The predicted octanol–water partition coefficient (Wildman–Crippen LogP) is 2.59. The van der Waals surface area contributed by atoms with Gasteiger partial charge in [-0.15, -0.1) is 13.2 Å². The molecule has 5 rings (SSSR count). The summed E-state index contributed by atoms with van der Waals surface area (Å²) in [5.74, 6) is -0.881. The Bertz CT molecular complexity index is 703. The summed E-state index contributed by atoms with van der Waals surface area (Å²) in [5, 5.41) is 3.33. The van der Waals surface area contributed by atoms with E-state index in [2.05, 4.69) is 18.3 Å². The number of aromatic nitrogens is 2. The van der Waals surface area contributed by atoms with Crippen LogP contribution in [0.15, 0.2) is 43.8 Å². The molecule has 0 saturated heterocycles. The number of rotatable bonds is 3. The molecule has 6 heteroatoms. The molecule has 124 valence electrons. The molecule has 4 aliphatic rings. The van der Waals surface area contributed by atoms with Crippen molar-refractivity contribution in [2.45, 2.75) is 11.7 Å². The molecule has 0 amide bonds. The molecule has 5 nitrogen and oxygen atoms in total. The molecule has 0 radical (unpaired) electrons. The topological polar surface area (TPSA) is 69.0 Å². The summed E-state index contributed by atoms with van der Waals surface area (Å²) in [5.41, 5.74) is 0. The number of Topliss-reactive ketones (excluding diaryl/α,β-unsaturated/α-hetero) is 2. The number of nitrogens with zero attached hydrogens (tertiary/aromatic N) is 2. The standard InChI is InChI=1S/C18H18N2O3S/c1-3-9-11-8-12-10(4-2)14(15(11)21)17(13(9)16(12)22)24-18(23)20-7-5-6-19-20/h3-7,9-14,17H,1-2,8H2. The molecular formula is C18H18N2O3S. The van der Waals surface area contributed by atoms with E-state index in [0.29, 0.717) is 6.42 Å². The van der Waals surface area contributed by atoms with Crippen LogP contribution in [0, 0.1) is 35.5 Å². The van der Waals surface area contributed by atoms with Gasteiger partial charge < -0.3 is 0 Å². The SMILES string of the molecule is C=CC1C2CC3C(=O)C1C(SC(=O)n1cccn1)C(C2=O)C3C=C. The van der Waals surface area contributed by atoms with Crippen LogP contribution < -0.4 is 0 Å². The van der Waals surface area contributed by atoms with E-state index in [1.807, 2.05) is 0 Å². The lowest BCUT2D eigenvalue weighted by atomic mass is 9.47. The van der Waals surface area contributed by atoms with Crippen molar-refractivity contribution in [2.75, 3.05) is 0 Å². The zero-order valence-electron chi connectivity index (χ0n) is 13.1. The summed E-state index contributed by atoms with van der Waals surface area (Å²) in [6.45, 7) is 7.68. The number of hydrogen-bond acceptors (Lipinski definition) is 5. The fourth-order valence-electron chi connectivity index (χ4n) is 4.87. The third-order valence-corrected chi connectivity index (χ3v) is 7.08. The minimum Gasteiger partial charge on any atom is -0.299 e. The zero-order valence-corrected chi connectivity index (χ0v) is 13.9.